The van der Waals surface area contributed by atoms with Crippen LogP contribution in [-0.4, -0.2) is 38.8 Å². The van der Waals surface area contributed by atoms with Crippen LogP contribution in [0.4, 0.5) is 10.6 Å². The number of ether oxygens (including phenoxy) is 1. The summed E-state index contributed by atoms with van der Waals surface area (Å²) in [5, 5.41) is 13.0. The number of carbonyl (C=O) groups excluding carboxylic acids is 2. The maximum atomic E-state index is 13.0. The summed E-state index contributed by atoms with van der Waals surface area (Å²) in [6.07, 6.45) is 2.90. The SMILES string of the molecule is CC(C)(C)OC(=O)N[C@H](Cc1ccc(Cl)cc1)C(=O)Nc1cc(-c2ccncc2)n[nH]1. The number of nitrogens with one attached hydrogen (secondary N) is 3. The van der Waals surface area contributed by atoms with Crippen LogP contribution in [0.2, 0.25) is 5.02 Å². The normalized spacial score (nSPS) is 12.1. The van der Waals surface area contributed by atoms with E-state index in [0.29, 0.717) is 16.5 Å². The molecule has 162 valence electrons. The number of hydrogen-bond acceptors (Lipinski definition) is 5. The topological polar surface area (TPSA) is 109 Å². The van der Waals surface area contributed by atoms with E-state index in [1.165, 1.54) is 0 Å². The van der Waals surface area contributed by atoms with Crippen LogP contribution in [0.5, 0.6) is 0 Å². The van der Waals surface area contributed by atoms with Crippen LogP contribution in [0.15, 0.2) is 54.9 Å². The van der Waals surface area contributed by atoms with E-state index in [9.17, 15) is 9.59 Å². The van der Waals surface area contributed by atoms with E-state index >= 15 is 0 Å². The lowest BCUT2D eigenvalue weighted by atomic mass is 10.1. The van der Waals surface area contributed by atoms with E-state index in [0.717, 1.165) is 11.1 Å². The number of aromatic nitrogens is 3. The van der Waals surface area contributed by atoms with Gasteiger partial charge in [-0.05, 0) is 50.6 Å². The number of pyridine rings is 1. The standard InChI is InChI=1S/C22H24ClN5O3/c1-22(2,3)31-21(30)25-18(12-14-4-6-16(23)7-5-14)20(29)26-19-13-17(27-28-19)15-8-10-24-11-9-15/h4-11,13,18H,12H2,1-3H3,(H,25,30)(H2,26,27,28,29)/t18-/m1/s1. The summed E-state index contributed by atoms with van der Waals surface area (Å²) in [7, 11) is 0. The van der Waals surface area contributed by atoms with Crippen LogP contribution in [0.25, 0.3) is 11.3 Å². The van der Waals surface area contributed by atoms with E-state index in [1.54, 1.807) is 63.5 Å². The van der Waals surface area contributed by atoms with Gasteiger partial charge in [0.25, 0.3) is 0 Å². The van der Waals surface area contributed by atoms with Crippen molar-refractivity contribution in [3.05, 3.63) is 65.4 Å². The van der Waals surface area contributed by atoms with Gasteiger partial charge in [-0.2, -0.15) is 5.10 Å². The number of rotatable bonds is 6. The van der Waals surface area contributed by atoms with Gasteiger partial charge in [-0.3, -0.25) is 14.9 Å². The summed E-state index contributed by atoms with van der Waals surface area (Å²) in [4.78, 5) is 29.2. The Morgan fingerprint density at radius 1 is 1.13 bits per heavy atom. The highest BCUT2D eigenvalue weighted by molar-refractivity contribution is 6.30. The predicted molar refractivity (Wildman–Crippen MR) is 119 cm³/mol. The summed E-state index contributed by atoms with van der Waals surface area (Å²) in [6, 6.07) is 11.5. The minimum Gasteiger partial charge on any atom is -0.444 e. The maximum absolute atomic E-state index is 13.0. The molecule has 0 radical (unpaired) electrons. The molecular formula is C22H24ClN5O3. The molecule has 2 aromatic heterocycles. The second-order valence-electron chi connectivity index (χ2n) is 7.92. The molecule has 0 spiro atoms. The Morgan fingerprint density at radius 2 is 1.81 bits per heavy atom. The van der Waals surface area contributed by atoms with E-state index < -0.39 is 23.6 Å². The van der Waals surface area contributed by atoms with E-state index in [4.69, 9.17) is 16.3 Å². The summed E-state index contributed by atoms with van der Waals surface area (Å²) < 4.78 is 5.31. The van der Waals surface area contributed by atoms with E-state index in [1.807, 2.05) is 12.1 Å². The van der Waals surface area contributed by atoms with Gasteiger partial charge in [-0.15, -0.1) is 0 Å². The van der Waals surface area contributed by atoms with Crippen molar-refractivity contribution in [3.8, 4) is 11.3 Å². The predicted octanol–water partition coefficient (Wildman–Crippen LogP) is 4.20. The molecule has 0 fully saturated rings. The molecule has 3 N–H and O–H groups in total. The molecule has 1 aromatic carbocycles. The van der Waals surface area contributed by atoms with Crippen LogP contribution < -0.4 is 10.6 Å². The zero-order valence-corrected chi connectivity index (χ0v) is 18.2. The number of nitrogens with zero attached hydrogens (tertiary/aromatic N) is 2. The zero-order chi connectivity index (χ0) is 22.4. The molecule has 0 saturated carbocycles. The maximum Gasteiger partial charge on any atom is 0.408 e. The van der Waals surface area contributed by atoms with Gasteiger partial charge in [0.15, 0.2) is 0 Å². The minimum atomic E-state index is -0.872. The second kappa shape index (κ2) is 9.61. The number of halogens is 1. The molecule has 31 heavy (non-hydrogen) atoms. The summed E-state index contributed by atoms with van der Waals surface area (Å²) >= 11 is 5.94. The largest absolute Gasteiger partial charge is 0.444 e. The Bertz CT molecular complexity index is 1030. The molecule has 2 amide bonds. The fourth-order valence-corrected chi connectivity index (χ4v) is 2.92. The third kappa shape index (κ3) is 6.82. The first-order chi connectivity index (χ1) is 14.7. The fourth-order valence-electron chi connectivity index (χ4n) is 2.79. The second-order valence-corrected chi connectivity index (χ2v) is 8.36. The molecule has 0 unspecified atom stereocenters. The lowest BCUT2D eigenvalue weighted by Crippen LogP contribution is -2.47. The molecule has 2 heterocycles. The molecule has 3 rings (SSSR count). The van der Waals surface area contributed by atoms with Gasteiger partial charge in [0, 0.05) is 35.5 Å². The van der Waals surface area contributed by atoms with Gasteiger partial charge in [-0.25, -0.2) is 4.79 Å². The Labute approximate surface area is 185 Å². The van der Waals surface area contributed by atoms with E-state index in [2.05, 4.69) is 25.8 Å². The van der Waals surface area contributed by atoms with Crippen molar-refractivity contribution in [1.82, 2.24) is 20.5 Å². The first-order valence-corrected chi connectivity index (χ1v) is 10.1. The number of benzene rings is 1. The van der Waals surface area contributed by atoms with Crippen LogP contribution in [0.3, 0.4) is 0 Å². The number of aromatic amines is 1. The average molecular weight is 442 g/mol. The van der Waals surface area contributed by atoms with Crippen LogP contribution in [-0.2, 0) is 16.0 Å². The van der Waals surface area contributed by atoms with Gasteiger partial charge in [0.05, 0.1) is 5.69 Å². The molecule has 0 bridgehead atoms. The Kier molecular flexibility index (Phi) is 6.91. The van der Waals surface area contributed by atoms with Gasteiger partial charge in [0.1, 0.15) is 17.5 Å². The van der Waals surface area contributed by atoms with Crippen molar-refractivity contribution in [2.24, 2.45) is 0 Å². The van der Waals surface area contributed by atoms with Crippen LogP contribution in [0, 0.1) is 0 Å². The minimum absolute atomic E-state index is 0.258. The molecule has 1 atom stereocenters. The highest BCUT2D eigenvalue weighted by Gasteiger charge is 2.25. The number of amides is 2. The smallest absolute Gasteiger partial charge is 0.408 e. The third-order valence-electron chi connectivity index (χ3n) is 4.17. The lowest BCUT2D eigenvalue weighted by Gasteiger charge is -2.23. The van der Waals surface area contributed by atoms with Crippen LogP contribution >= 0.6 is 11.6 Å². The molecule has 3 aromatic rings. The van der Waals surface area contributed by atoms with Gasteiger partial charge in [0.2, 0.25) is 5.91 Å². The molecule has 0 aliphatic carbocycles. The quantitative estimate of drug-likeness (QED) is 0.531. The van der Waals surface area contributed by atoms with Gasteiger partial charge >= 0.3 is 6.09 Å². The number of H-pyrrole nitrogens is 1. The van der Waals surface area contributed by atoms with Crippen molar-refractivity contribution in [3.63, 3.8) is 0 Å². The van der Waals surface area contributed by atoms with Gasteiger partial charge in [-0.1, -0.05) is 23.7 Å². The lowest BCUT2D eigenvalue weighted by molar-refractivity contribution is -0.118. The number of carbonyl (C=O) groups is 2. The zero-order valence-electron chi connectivity index (χ0n) is 17.5. The van der Waals surface area contributed by atoms with Crippen molar-refractivity contribution in [1.29, 1.82) is 0 Å². The first kappa shape index (κ1) is 22.3. The number of hydrogen-bond donors (Lipinski definition) is 3. The number of anilines is 1. The van der Waals surface area contributed by atoms with Crippen molar-refractivity contribution in [2.45, 2.75) is 38.8 Å². The highest BCUT2D eigenvalue weighted by Crippen LogP contribution is 2.19. The highest BCUT2D eigenvalue weighted by atomic mass is 35.5. The molecule has 8 nitrogen and oxygen atoms in total. The Hall–Kier alpha value is -3.39. The monoisotopic (exact) mass is 441 g/mol. The van der Waals surface area contributed by atoms with Gasteiger partial charge < -0.3 is 15.4 Å². The number of alkyl carbamates (subject to hydrolysis) is 1. The van der Waals surface area contributed by atoms with Crippen LogP contribution in [0.1, 0.15) is 26.3 Å². The van der Waals surface area contributed by atoms with Crippen molar-refractivity contribution >= 4 is 29.4 Å². The summed E-state index contributed by atoms with van der Waals surface area (Å²) in [5.41, 5.74) is 1.67. The summed E-state index contributed by atoms with van der Waals surface area (Å²) in [5.74, 6) is -0.00496. The molecular weight excluding hydrogens is 418 g/mol. The fraction of sp³-hybridized carbons (Fsp3) is 0.273. The molecule has 0 aliphatic heterocycles. The molecule has 9 heteroatoms. The van der Waals surface area contributed by atoms with Crippen molar-refractivity contribution < 1.29 is 14.3 Å². The Balaban J connectivity index is 1.74. The Morgan fingerprint density at radius 3 is 2.45 bits per heavy atom. The van der Waals surface area contributed by atoms with E-state index in [-0.39, 0.29) is 6.42 Å². The first-order valence-electron chi connectivity index (χ1n) is 9.70. The molecule has 0 aliphatic rings. The average Bonchev–Trinajstić information content (AvgIpc) is 3.17. The van der Waals surface area contributed by atoms with Crippen molar-refractivity contribution in [2.75, 3.05) is 5.32 Å². The summed E-state index contributed by atoms with van der Waals surface area (Å²) in [6.45, 7) is 5.27. The third-order valence-corrected chi connectivity index (χ3v) is 4.42. The molecule has 0 saturated heterocycles.